The molecule has 0 aromatic heterocycles. The average Bonchev–Trinajstić information content (AvgIpc) is 2.36. The van der Waals surface area contributed by atoms with Crippen LogP contribution in [-0.2, 0) is 9.53 Å². The lowest BCUT2D eigenvalue weighted by molar-refractivity contribution is -0.124. The summed E-state index contributed by atoms with van der Waals surface area (Å²) in [5.41, 5.74) is 0. The molecule has 4 nitrogen and oxygen atoms in total. The van der Waals surface area contributed by atoms with Crippen LogP contribution >= 0.6 is 0 Å². The summed E-state index contributed by atoms with van der Waals surface area (Å²) in [4.78, 5) is 11.8. The van der Waals surface area contributed by atoms with E-state index in [4.69, 9.17) is 4.74 Å². The van der Waals surface area contributed by atoms with Gasteiger partial charge in [-0.15, -0.1) is 0 Å². The van der Waals surface area contributed by atoms with Crippen LogP contribution in [0.2, 0.25) is 0 Å². The Morgan fingerprint density at radius 1 is 1.21 bits per heavy atom. The summed E-state index contributed by atoms with van der Waals surface area (Å²) in [6, 6.07) is 0. The van der Waals surface area contributed by atoms with Gasteiger partial charge in [0.2, 0.25) is 5.91 Å². The number of hydrogen-bond acceptors (Lipinski definition) is 3. The maximum atomic E-state index is 11.8. The summed E-state index contributed by atoms with van der Waals surface area (Å²) in [7, 11) is 0. The van der Waals surface area contributed by atoms with E-state index < -0.39 is 0 Å². The predicted octanol–water partition coefficient (Wildman–Crippen LogP) is 1.86. The van der Waals surface area contributed by atoms with Gasteiger partial charge in [0.1, 0.15) is 0 Å². The Labute approximate surface area is 115 Å². The zero-order valence-electron chi connectivity index (χ0n) is 11.9. The fourth-order valence-corrected chi connectivity index (χ4v) is 3.15. The van der Waals surface area contributed by atoms with Crippen molar-refractivity contribution >= 4 is 5.91 Å². The van der Waals surface area contributed by atoms with Crippen molar-refractivity contribution in [1.82, 2.24) is 5.32 Å². The highest BCUT2D eigenvalue weighted by molar-refractivity contribution is 5.76. The predicted molar refractivity (Wildman–Crippen MR) is 73.7 cm³/mol. The molecule has 0 aliphatic heterocycles. The standard InChI is InChI=1S/C15H27NO3/c1-2-19-14-7-12(8-14)9-15(18)16-10-11-3-5-13(17)6-4-11/h11-14,17H,2-10H2,1H3,(H,16,18). The van der Waals surface area contributed by atoms with E-state index in [2.05, 4.69) is 5.32 Å². The molecule has 0 spiro atoms. The van der Waals surface area contributed by atoms with Gasteiger partial charge in [-0.05, 0) is 57.3 Å². The van der Waals surface area contributed by atoms with Crippen LogP contribution in [0.3, 0.4) is 0 Å². The van der Waals surface area contributed by atoms with Crippen molar-refractivity contribution in [1.29, 1.82) is 0 Å². The molecule has 0 aromatic rings. The summed E-state index contributed by atoms with van der Waals surface area (Å²) in [6.07, 6.45) is 6.86. The molecule has 0 aromatic carbocycles. The van der Waals surface area contributed by atoms with E-state index in [0.29, 0.717) is 24.4 Å². The summed E-state index contributed by atoms with van der Waals surface area (Å²) in [6.45, 7) is 3.57. The van der Waals surface area contributed by atoms with Crippen molar-refractivity contribution in [3.8, 4) is 0 Å². The first-order valence-electron chi connectivity index (χ1n) is 7.73. The van der Waals surface area contributed by atoms with Crippen LogP contribution in [0.1, 0.15) is 51.9 Å². The fraction of sp³-hybridized carbons (Fsp3) is 0.933. The normalized spacial score (nSPS) is 34.6. The minimum absolute atomic E-state index is 0.113. The first kappa shape index (κ1) is 14.8. The monoisotopic (exact) mass is 269 g/mol. The number of aliphatic hydroxyl groups is 1. The minimum atomic E-state index is -0.113. The van der Waals surface area contributed by atoms with E-state index >= 15 is 0 Å². The Hall–Kier alpha value is -0.610. The van der Waals surface area contributed by atoms with Gasteiger partial charge < -0.3 is 15.2 Å². The number of hydrogen-bond donors (Lipinski definition) is 2. The van der Waals surface area contributed by atoms with Crippen molar-refractivity contribution in [3.05, 3.63) is 0 Å². The molecule has 2 rings (SSSR count). The summed E-state index contributed by atoms with van der Waals surface area (Å²) in [5.74, 6) is 1.26. The van der Waals surface area contributed by atoms with Crippen molar-refractivity contribution < 1.29 is 14.6 Å². The number of amides is 1. The molecule has 2 aliphatic carbocycles. The molecular formula is C15H27NO3. The van der Waals surface area contributed by atoms with E-state index in [1.54, 1.807) is 0 Å². The SMILES string of the molecule is CCOC1CC(CC(=O)NCC2CCC(O)CC2)C1. The molecule has 2 N–H and O–H groups in total. The van der Waals surface area contributed by atoms with Gasteiger partial charge in [-0.3, -0.25) is 4.79 Å². The Balaban J connectivity index is 1.53. The Morgan fingerprint density at radius 2 is 1.89 bits per heavy atom. The lowest BCUT2D eigenvalue weighted by atomic mass is 9.80. The van der Waals surface area contributed by atoms with Crippen LogP contribution in [0.5, 0.6) is 0 Å². The van der Waals surface area contributed by atoms with Crippen LogP contribution in [-0.4, -0.2) is 36.4 Å². The third kappa shape index (κ3) is 4.77. The third-order valence-corrected chi connectivity index (χ3v) is 4.47. The summed E-state index contributed by atoms with van der Waals surface area (Å²) in [5, 5.41) is 12.5. The molecule has 4 heteroatoms. The van der Waals surface area contributed by atoms with Crippen molar-refractivity contribution in [2.45, 2.75) is 64.1 Å². The molecule has 1 amide bonds. The highest BCUT2D eigenvalue weighted by atomic mass is 16.5. The fourth-order valence-electron chi connectivity index (χ4n) is 3.15. The first-order chi connectivity index (χ1) is 9.17. The van der Waals surface area contributed by atoms with Crippen LogP contribution in [0, 0.1) is 11.8 Å². The number of aliphatic hydroxyl groups excluding tert-OH is 1. The Kier molecular flexibility index (Phi) is 5.64. The second kappa shape index (κ2) is 7.25. The van der Waals surface area contributed by atoms with Crippen LogP contribution < -0.4 is 5.32 Å². The molecule has 2 saturated carbocycles. The highest BCUT2D eigenvalue weighted by Gasteiger charge is 2.31. The largest absolute Gasteiger partial charge is 0.393 e. The second-order valence-corrected chi connectivity index (χ2v) is 6.10. The molecule has 2 fully saturated rings. The summed E-state index contributed by atoms with van der Waals surface area (Å²) >= 11 is 0. The number of nitrogens with one attached hydrogen (secondary N) is 1. The maximum Gasteiger partial charge on any atom is 0.220 e. The van der Waals surface area contributed by atoms with Crippen molar-refractivity contribution in [3.63, 3.8) is 0 Å². The zero-order chi connectivity index (χ0) is 13.7. The van der Waals surface area contributed by atoms with Crippen molar-refractivity contribution in [2.24, 2.45) is 11.8 Å². The van der Waals surface area contributed by atoms with E-state index in [0.717, 1.165) is 51.7 Å². The van der Waals surface area contributed by atoms with E-state index in [9.17, 15) is 9.90 Å². The van der Waals surface area contributed by atoms with E-state index in [1.165, 1.54) is 0 Å². The van der Waals surface area contributed by atoms with Gasteiger partial charge in [-0.25, -0.2) is 0 Å². The smallest absolute Gasteiger partial charge is 0.220 e. The molecule has 0 bridgehead atoms. The molecule has 2 aliphatic rings. The molecule has 0 atom stereocenters. The van der Waals surface area contributed by atoms with Gasteiger partial charge >= 0.3 is 0 Å². The number of rotatable bonds is 6. The van der Waals surface area contributed by atoms with E-state index in [-0.39, 0.29) is 12.0 Å². The maximum absolute atomic E-state index is 11.8. The Morgan fingerprint density at radius 3 is 2.53 bits per heavy atom. The van der Waals surface area contributed by atoms with Gasteiger partial charge in [0.25, 0.3) is 0 Å². The number of carbonyl (C=O) groups is 1. The molecule has 110 valence electrons. The quantitative estimate of drug-likeness (QED) is 0.774. The second-order valence-electron chi connectivity index (χ2n) is 6.10. The van der Waals surface area contributed by atoms with Crippen LogP contribution in [0.4, 0.5) is 0 Å². The minimum Gasteiger partial charge on any atom is -0.393 e. The van der Waals surface area contributed by atoms with Gasteiger partial charge in [0.15, 0.2) is 0 Å². The topological polar surface area (TPSA) is 58.6 Å². The summed E-state index contributed by atoms with van der Waals surface area (Å²) < 4.78 is 5.50. The van der Waals surface area contributed by atoms with Gasteiger partial charge in [0.05, 0.1) is 12.2 Å². The van der Waals surface area contributed by atoms with Gasteiger partial charge in [0, 0.05) is 19.6 Å². The molecule has 19 heavy (non-hydrogen) atoms. The molecule has 0 heterocycles. The lowest BCUT2D eigenvalue weighted by Crippen LogP contribution is -2.37. The Bertz CT molecular complexity index is 281. The molecular weight excluding hydrogens is 242 g/mol. The first-order valence-corrected chi connectivity index (χ1v) is 7.73. The van der Waals surface area contributed by atoms with Gasteiger partial charge in [-0.1, -0.05) is 0 Å². The van der Waals surface area contributed by atoms with Gasteiger partial charge in [-0.2, -0.15) is 0 Å². The number of carbonyl (C=O) groups excluding carboxylic acids is 1. The number of ether oxygens (including phenoxy) is 1. The molecule has 0 radical (unpaired) electrons. The molecule has 0 saturated heterocycles. The highest BCUT2D eigenvalue weighted by Crippen LogP contribution is 2.32. The average molecular weight is 269 g/mol. The third-order valence-electron chi connectivity index (χ3n) is 4.47. The van der Waals surface area contributed by atoms with Crippen LogP contribution in [0.25, 0.3) is 0 Å². The van der Waals surface area contributed by atoms with Crippen molar-refractivity contribution in [2.75, 3.05) is 13.2 Å². The lowest BCUT2D eigenvalue weighted by Gasteiger charge is -2.34. The van der Waals surface area contributed by atoms with E-state index in [1.807, 2.05) is 6.92 Å². The molecule has 0 unspecified atom stereocenters. The zero-order valence-corrected chi connectivity index (χ0v) is 11.9. The van der Waals surface area contributed by atoms with Crippen LogP contribution in [0.15, 0.2) is 0 Å².